The number of pyridine rings is 1. The van der Waals surface area contributed by atoms with Gasteiger partial charge in [-0.3, -0.25) is 14.9 Å². The Kier molecular flexibility index (Phi) is 4.89. The van der Waals surface area contributed by atoms with Crippen LogP contribution in [0.25, 0.3) is 11.0 Å². The number of imidazole rings is 1. The Balaban J connectivity index is 1.78. The Morgan fingerprint density at radius 2 is 1.90 bits per heavy atom. The third-order valence-corrected chi connectivity index (χ3v) is 4.30. The van der Waals surface area contributed by atoms with Crippen molar-refractivity contribution in [3.8, 4) is 11.5 Å². The summed E-state index contributed by atoms with van der Waals surface area (Å²) < 4.78 is 61.5. The number of aromatic amines is 1. The minimum atomic E-state index is -1.46. The highest BCUT2D eigenvalue weighted by atomic mass is 19.2. The van der Waals surface area contributed by atoms with Crippen molar-refractivity contribution in [3.63, 3.8) is 0 Å². The van der Waals surface area contributed by atoms with E-state index in [9.17, 15) is 32.5 Å². The number of ether oxygens (including phenoxy) is 1. The van der Waals surface area contributed by atoms with E-state index in [-0.39, 0.29) is 23.4 Å². The molecule has 0 aliphatic rings. The summed E-state index contributed by atoms with van der Waals surface area (Å²) in [6, 6.07) is 5.38. The summed E-state index contributed by atoms with van der Waals surface area (Å²) >= 11 is 0. The molecule has 0 aliphatic carbocycles. The fourth-order valence-electron chi connectivity index (χ4n) is 2.90. The molecule has 8 nitrogen and oxygen atoms in total. The standard InChI is InChI=1S/C19H10F4N4O4/c20-9-3-4-14(10(21)6-9)31-18-16(23)11(22)7-12-17(18)25-15(24-12)8-26-5-1-2-13(19(26)28)27(29)30/h1-7H,8H2,(H,24,25). The van der Waals surface area contributed by atoms with E-state index in [0.29, 0.717) is 6.07 Å². The minimum Gasteiger partial charge on any atom is -0.449 e. The molecule has 2 heterocycles. The van der Waals surface area contributed by atoms with E-state index in [2.05, 4.69) is 9.97 Å². The molecule has 0 amide bonds. The van der Waals surface area contributed by atoms with Crippen LogP contribution in [0.2, 0.25) is 0 Å². The molecule has 4 rings (SSSR count). The van der Waals surface area contributed by atoms with Gasteiger partial charge >= 0.3 is 11.2 Å². The quantitative estimate of drug-likeness (QED) is 0.290. The van der Waals surface area contributed by atoms with Gasteiger partial charge in [-0.1, -0.05) is 0 Å². The van der Waals surface area contributed by atoms with Gasteiger partial charge in [-0.25, -0.2) is 18.2 Å². The second-order valence-electron chi connectivity index (χ2n) is 6.34. The van der Waals surface area contributed by atoms with Crippen molar-refractivity contribution in [1.82, 2.24) is 14.5 Å². The molecule has 158 valence electrons. The van der Waals surface area contributed by atoms with Gasteiger partial charge in [0.1, 0.15) is 17.2 Å². The van der Waals surface area contributed by atoms with E-state index < -0.39 is 50.9 Å². The summed E-state index contributed by atoms with van der Waals surface area (Å²) in [6.45, 7) is -0.289. The number of hydrogen-bond donors (Lipinski definition) is 1. The lowest BCUT2D eigenvalue weighted by atomic mass is 10.2. The first-order valence-corrected chi connectivity index (χ1v) is 8.58. The van der Waals surface area contributed by atoms with Crippen molar-refractivity contribution >= 4 is 16.7 Å². The molecule has 0 fully saturated rings. The van der Waals surface area contributed by atoms with Crippen LogP contribution in [0.5, 0.6) is 11.5 Å². The van der Waals surface area contributed by atoms with Crippen LogP contribution in [0.15, 0.2) is 47.4 Å². The molecule has 2 aromatic heterocycles. The molecule has 12 heteroatoms. The number of H-pyrrole nitrogens is 1. The molecule has 0 bridgehead atoms. The number of nitrogens with one attached hydrogen (secondary N) is 1. The van der Waals surface area contributed by atoms with Gasteiger partial charge < -0.3 is 14.3 Å². The number of hydrogen-bond acceptors (Lipinski definition) is 5. The maximum Gasteiger partial charge on any atom is 0.334 e. The van der Waals surface area contributed by atoms with Gasteiger partial charge in [-0.2, -0.15) is 4.39 Å². The molecule has 1 N–H and O–H groups in total. The largest absolute Gasteiger partial charge is 0.449 e. The van der Waals surface area contributed by atoms with E-state index in [1.165, 1.54) is 12.3 Å². The van der Waals surface area contributed by atoms with Crippen LogP contribution >= 0.6 is 0 Å². The molecule has 0 atom stereocenters. The lowest BCUT2D eigenvalue weighted by Gasteiger charge is -2.09. The number of fused-ring (bicyclic) bond motifs is 1. The van der Waals surface area contributed by atoms with Crippen LogP contribution in [-0.4, -0.2) is 19.5 Å². The van der Waals surface area contributed by atoms with Crippen LogP contribution in [0, 0.1) is 33.4 Å². The second kappa shape index (κ2) is 7.55. The molecule has 0 unspecified atom stereocenters. The fraction of sp³-hybridized carbons (Fsp3) is 0.0526. The lowest BCUT2D eigenvalue weighted by molar-refractivity contribution is -0.386. The molecule has 0 saturated carbocycles. The summed E-state index contributed by atoms with van der Waals surface area (Å²) in [5.74, 6) is -6.11. The first-order chi connectivity index (χ1) is 14.7. The normalized spacial score (nSPS) is 11.1. The van der Waals surface area contributed by atoms with Gasteiger partial charge in [-0.15, -0.1) is 0 Å². The van der Waals surface area contributed by atoms with Gasteiger partial charge in [0.2, 0.25) is 5.82 Å². The number of aromatic nitrogens is 3. The maximum absolute atomic E-state index is 14.4. The highest BCUT2D eigenvalue weighted by Gasteiger charge is 2.21. The maximum atomic E-state index is 14.4. The zero-order valence-corrected chi connectivity index (χ0v) is 15.2. The second-order valence-corrected chi connectivity index (χ2v) is 6.34. The molecule has 4 aromatic rings. The fourth-order valence-corrected chi connectivity index (χ4v) is 2.90. The number of benzene rings is 2. The Bertz CT molecular complexity index is 1400. The van der Waals surface area contributed by atoms with Gasteiger partial charge in [0.25, 0.3) is 0 Å². The van der Waals surface area contributed by atoms with Crippen LogP contribution in [-0.2, 0) is 6.54 Å². The summed E-state index contributed by atoms with van der Waals surface area (Å²) in [6.07, 6.45) is 1.27. The van der Waals surface area contributed by atoms with Gasteiger partial charge in [0.05, 0.1) is 17.0 Å². The highest BCUT2D eigenvalue weighted by Crippen LogP contribution is 2.34. The van der Waals surface area contributed by atoms with Crippen LogP contribution in [0.3, 0.4) is 0 Å². The van der Waals surface area contributed by atoms with E-state index >= 15 is 0 Å². The van der Waals surface area contributed by atoms with Gasteiger partial charge in [-0.05, 0) is 18.2 Å². The van der Waals surface area contributed by atoms with E-state index in [1.54, 1.807) is 0 Å². The number of halogens is 4. The molecular formula is C19H10F4N4O4. The van der Waals surface area contributed by atoms with Crippen molar-refractivity contribution < 1.29 is 27.2 Å². The summed E-state index contributed by atoms with van der Waals surface area (Å²) in [7, 11) is 0. The van der Waals surface area contributed by atoms with Gasteiger partial charge in [0, 0.05) is 24.4 Å². The average Bonchev–Trinajstić information content (AvgIpc) is 3.10. The Hall–Kier alpha value is -4.22. The van der Waals surface area contributed by atoms with Crippen molar-refractivity contribution in [3.05, 3.63) is 92.2 Å². The number of nitrogens with zero attached hydrogens (tertiary/aromatic N) is 3. The minimum absolute atomic E-state index is 0.0204. The van der Waals surface area contributed by atoms with E-state index in [4.69, 9.17) is 4.74 Å². The van der Waals surface area contributed by atoms with Crippen LogP contribution in [0.1, 0.15) is 5.82 Å². The topological polar surface area (TPSA) is 103 Å². The summed E-state index contributed by atoms with van der Waals surface area (Å²) in [5, 5.41) is 10.9. The van der Waals surface area contributed by atoms with Gasteiger partial charge in [0.15, 0.2) is 23.1 Å². The van der Waals surface area contributed by atoms with E-state index in [0.717, 1.165) is 28.8 Å². The molecule has 2 aromatic carbocycles. The number of rotatable bonds is 5. The summed E-state index contributed by atoms with van der Waals surface area (Å²) in [5.41, 5.74) is -1.83. The molecule has 0 aliphatic heterocycles. The molecule has 0 spiro atoms. The Morgan fingerprint density at radius 3 is 2.61 bits per heavy atom. The zero-order chi connectivity index (χ0) is 22.3. The third kappa shape index (κ3) is 3.70. The van der Waals surface area contributed by atoms with Crippen molar-refractivity contribution in [2.45, 2.75) is 6.54 Å². The first-order valence-electron chi connectivity index (χ1n) is 8.58. The molecule has 0 radical (unpaired) electrons. The van der Waals surface area contributed by atoms with Crippen molar-refractivity contribution in [1.29, 1.82) is 0 Å². The zero-order valence-electron chi connectivity index (χ0n) is 15.2. The molecule has 31 heavy (non-hydrogen) atoms. The lowest BCUT2D eigenvalue weighted by Crippen LogP contribution is -2.22. The average molecular weight is 434 g/mol. The van der Waals surface area contributed by atoms with Crippen molar-refractivity contribution in [2.75, 3.05) is 0 Å². The highest BCUT2D eigenvalue weighted by molar-refractivity contribution is 5.82. The smallest absolute Gasteiger partial charge is 0.334 e. The molecular weight excluding hydrogens is 424 g/mol. The predicted molar refractivity (Wildman–Crippen MR) is 98.9 cm³/mol. The predicted octanol–water partition coefficient (Wildman–Crippen LogP) is 4.03. The van der Waals surface area contributed by atoms with Crippen LogP contribution < -0.4 is 10.3 Å². The Morgan fingerprint density at radius 1 is 1.13 bits per heavy atom. The SMILES string of the molecule is O=c1c([N+](=O)[O-])cccn1Cc1nc2c(Oc3ccc(F)cc3F)c(F)c(F)cc2[nH]1. The Labute approximate surface area is 169 Å². The number of nitro groups is 1. The molecule has 0 saturated heterocycles. The van der Waals surface area contributed by atoms with E-state index in [1.807, 2.05) is 0 Å². The third-order valence-electron chi connectivity index (χ3n) is 4.30. The van der Waals surface area contributed by atoms with Crippen LogP contribution in [0.4, 0.5) is 23.2 Å². The first kappa shape index (κ1) is 20.1. The van der Waals surface area contributed by atoms with Crippen molar-refractivity contribution in [2.24, 2.45) is 0 Å². The summed E-state index contributed by atoms with van der Waals surface area (Å²) in [4.78, 5) is 29.0. The monoisotopic (exact) mass is 434 g/mol.